The predicted octanol–water partition coefficient (Wildman–Crippen LogP) is 4.11. The average molecular weight is 409 g/mol. The van der Waals surface area contributed by atoms with Crippen molar-refractivity contribution in [2.45, 2.75) is 38.5 Å². The third kappa shape index (κ3) is 3.20. The third-order valence-corrected chi connectivity index (χ3v) is 8.43. The van der Waals surface area contributed by atoms with Crippen molar-refractivity contribution in [3.05, 3.63) is 47.3 Å². The van der Waals surface area contributed by atoms with Gasteiger partial charge >= 0.3 is 0 Å². The molecule has 5 heteroatoms. The number of thiophene rings is 1. The Bertz CT molecular complexity index is 917. The standard InChI is InChI=1S/C24H28N2O2S/c1-25-22(28)24(14-17-5-7-18(8-6-17)20-4-2-13-29-20)11-12-26(16-24)21(27)19-15-23(19)9-3-10-23/h2,4-8,13,19H,3,9-12,14-16H2,1H3,(H,25,28)/t19-,24+/m0/s1. The van der Waals surface area contributed by atoms with Crippen LogP contribution >= 0.6 is 11.3 Å². The van der Waals surface area contributed by atoms with Gasteiger partial charge in [0.25, 0.3) is 0 Å². The minimum absolute atomic E-state index is 0.0595. The summed E-state index contributed by atoms with van der Waals surface area (Å²) in [6, 6.07) is 12.7. The molecule has 152 valence electrons. The number of carbonyl (C=O) groups is 2. The van der Waals surface area contributed by atoms with E-state index in [1.165, 1.54) is 29.7 Å². The Labute approximate surface area is 176 Å². The lowest BCUT2D eigenvalue weighted by atomic mass is 9.79. The Morgan fingerprint density at radius 3 is 2.55 bits per heavy atom. The molecule has 1 aromatic heterocycles. The zero-order valence-corrected chi connectivity index (χ0v) is 17.8. The molecule has 2 amide bonds. The molecule has 0 unspecified atom stereocenters. The van der Waals surface area contributed by atoms with Gasteiger partial charge in [0, 0.05) is 30.9 Å². The molecule has 2 atom stereocenters. The number of nitrogens with one attached hydrogen (secondary N) is 1. The maximum Gasteiger partial charge on any atom is 0.228 e. The summed E-state index contributed by atoms with van der Waals surface area (Å²) in [6.07, 6.45) is 6.19. The molecule has 1 aromatic carbocycles. The molecule has 1 aliphatic heterocycles. The normalized spacial score (nSPS) is 26.9. The highest BCUT2D eigenvalue weighted by Crippen LogP contribution is 2.66. The first-order valence-corrected chi connectivity index (χ1v) is 11.6. The van der Waals surface area contributed by atoms with Gasteiger partial charge in [-0.05, 0) is 60.1 Å². The van der Waals surface area contributed by atoms with E-state index in [0.29, 0.717) is 30.8 Å². The molecule has 1 N–H and O–H groups in total. The molecule has 0 bridgehead atoms. The van der Waals surface area contributed by atoms with Gasteiger partial charge in [0.2, 0.25) is 11.8 Å². The van der Waals surface area contributed by atoms with Gasteiger partial charge in [-0.15, -0.1) is 11.3 Å². The lowest BCUT2D eigenvalue weighted by Crippen LogP contribution is -2.44. The Morgan fingerprint density at radius 2 is 1.97 bits per heavy atom. The van der Waals surface area contributed by atoms with Crippen LogP contribution in [0.3, 0.4) is 0 Å². The third-order valence-electron chi connectivity index (χ3n) is 7.51. The van der Waals surface area contributed by atoms with Gasteiger partial charge in [0.15, 0.2) is 0 Å². The minimum Gasteiger partial charge on any atom is -0.359 e. The van der Waals surface area contributed by atoms with Crippen molar-refractivity contribution in [2.75, 3.05) is 20.1 Å². The summed E-state index contributed by atoms with van der Waals surface area (Å²) in [6.45, 7) is 1.25. The molecule has 3 aliphatic rings. The summed E-state index contributed by atoms with van der Waals surface area (Å²) in [5.41, 5.74) is 2.19. The molecule has 1 saturated heterocycles. The van der Waals surface area contributed by atoms with E-state index in [9.17, 15) is 9.59 Å². The lowest BCUT2D eigenvalue weighted by molar-refractivity contribution is -0.134. The van der Waals surface area contributed by atoms with E-state index in [1.807, 2.05) is 4.90 Å². The smallest absolute Gasteiger partial charge is 0.228 e. The maximum atomic E-state index is 13.0. The number of hydrogen-bond donors (Lipinski definition) is 1. The molecule has 2 heterocycles. The molecule has 29 heavy (non-hydrogen) atoms. The van der Waals surface area contributed by atoms with E-state index < -0.39 is 5.41 Å². The van der Waals surface area contributed by atoms with E-state index in [4.69, 9.17) is 0 Å². The van der Waals surface area contributed by atoms with Gasteiger partial charge in [-0.2, -0.15) is 0 Å². The van der Waals surface area contributed by atoms with Crippen LogP contribution in [0.25, 0.3) is 10.4 Å². The van der Waals surface area contributed by atoms with Gasteiger partial charge in [0.1, 0.15) is 0 Å². The number of benzene rings is 1. The quantitative estimate of drug-likeness (QED) is 0.809. The van der Waals surface area contributed by atoms with E-state index in [-0.39, 0.29) is 11.8 Å². The zero-order chi connectivity index (χ0) is 20.1. The summed E-state index contributed by atoms with van der Waals surface area (Å²) in [7, 11) is 1.71. The topological polar surface area (TPSA) is 49.4 Å². The largest absolute Gasteiger partial charge is 0.359 e. The molecule has 0 radical (unpaired) electrons. The Hall–Kier alpha value is -2.14. The van der Waals surface area contributed by atoms with E-state index in [2.05, 4.69) is 47.1 Å². The molecule has 2 aliphatic carbocycles. The molecular weight excluding hydrogens is 380 g/mol. The number of rotatable bonds is 5. The first kappa shape index (κ1) is 18.9. The molecule has 2 saturated carbocycles. The number of nitrogens with zero attached hydrogens (tertiary/aromatic N) is 1. The summed E-state index contributed by atoms with van der Waals surface area (Å²) in [4.78, 5) is 29.2. The van der Waals surface area contributed by atoms with Gasteiger partial charge in [-0.3, -0.25) is 9.59 Å². The van der Waals surface area contributed by atoms with Crippen LogP contribution < -0.4 is 5.32 Å². The highest BCUT2D eigenvalue weighted by molar-refractivity contribution is 7.13. The van der Waals surface area contributed by atoms with Crippen molar-refractivity contribution < 1.29 is 9.59 Å². The second kappa shape index (κ2) is 6.98. The zero-order valence-electron chi connectivity index (χ0n) is 16.9. The average Bonchev–Trinajstić information content (AvgIpc) is 3.04. The van der Waals surface area contributed by atoms with Gasteiger partial charge < -0.3 is 10.2 Å². The number of carbonyl (C=O) groups excluding carboxylic acids is 2. The van der Waals surface area contributed by atoms with E-state index in [1.54, 1.807) is 18.4 Å². The van der Waals surface area contributed by atoms with Crippen LogP contribution in [-0.4, -0.2) is 36.9 Å². The second-order valence-electron chi connectivity index (χ2n) is 9.19. The van der Waals surface area contributed by atoms with Crippen LogP contribution in [0, 0.1) is 16.7 Å². The molecule has 5 rings (SSSR count). The van der Waals surface area contributed by atoms with Crippen LogP contribution in [0.15, 0.2) is 41.8 Å². The lowest BCUT2D eigenvalue weighted by Gasteiger charge is -2.30. The first-order chi connectivity index (χ1) is 14.1. The molecular formula is C24H28N2O2S. The second-order valence-corrected chi connectivity index (χ2v) is 10.1. The highest BCUT2D eigenvalue weighted by Gasteiger charge is 2.62. The molecule has 4 nitrogen and oxygen atoms in total. The predicted molar refractivity (Wildman–Crippen MR) is 116 cm³/mol. The molecule has 2 aromatic rings. The highest BCUT2D eigenvalue weighted by atomic mass is 32.1. The van der Waals surface area contributed by atoms with Crippen molar-refractivity contribution in [3.8, 4) is 10.4 Å². The van der Waals surface area contributed by atoms with Crippen LogP contribution in [0.2, 0.25) is 0 Å². The molecule has 1 spiro atoms. The number of likely N-dealkylation sites (tertiary alicyclic amines) is 1. The van der Waals surface area contributed by atoms with Crippen molar-refractivity contribution in [1.29, 1.82) is 0 Å². The fraction of sp³-hybridized carbons (Fsp3) is 0.500. The number of hydrogen-bond acceptors (Lipinski definition) is 3. The van der Waals surface area contributed by atoms with E-state index >= 15 is 0 Å². The summed E-state index contributed by atoms with van der Waals surface area (Å²) in [5.74, 6) is 0.578. The van der Waals surface area contributed by atoms with Crippen LogP contribution in [0.4, 0.5) is 0 Å². The van der Waals surface area contributed by atoms with Gasteiger partial charge in [0.05, 0.1) is 5.41 Å². The first-order valence-electron chi connectivity index (χ1n) is 10.7. The monoisotopic (exact) mass is 408 g/mol. The van der Waals surface area contributed by atoms with Crippen molar-refractivity contribution in [3.63, 3.8) is 0 Å². The van der Waals surface area contributed by atoms with Crippen molar-refractivity contribution in [1.82, 2.24) is 10.2 Å². The Morgan fingerprint density at radius 1 is 1.17 bits per heavy atom. The van der Waals surface area contributed by atoms with Crippen molar-refractivity contribution >= 4 is 23.2 Å². The Kier molecular flexibility index (Phi) is 4.54. The fourth-order valence-corrected chi connectivity index (χ4v) is 6.19. The van der Waals surface area contributed by atoms with Gasteiger partial charge in [-0.1, -0.05) is 36.8 Å². The Balaban J connectivity index is 1.31. The fourth-order valence-electron chi connectivity index (χ4n) is 5.46. The summed E-state index contributed by atoms with van der Waals surface area (Å²) in [5, 5.41) is 4.95. The van der Waals surface area contributed by atoms with Gasteiger partial charge in [-0.25, -0.2) is 0 Å². The molecule has 3 fully saturated rings. The van der Waals surface area contributed by atoms with Crippen molar-refractivity contribution in [2.24, 2.45) is 16.7 Å². The number of amides is 2. The van der Waals surface area contributed by atoms with Crippen LogP contribution in [-0.2, 0) is 16.0 Å². The minimum atomic E-state index is -0.517. The maximum absolute atomic E-state index is 13.0. The SMILES string of the molecule is CNC(=O)[C@@]1(Cc2ccc(-c3cccs3)cc2)CCN(C(=O)[C@@H]2CC23CCC3)C1. The van der Waals surface area contributed by atoms with Crippen LogP contribution in [0.1, 0.15) is 37.7 Å². The summed E-state index contributed by atoms with van der Waals surface area (Å²) < 4.78 is 0. The summed E-state index contributed by atoms with van der Waals surface area (Å²) >= 11 is 1.73. The van der Waals surface area contributed by atoms with E-state index in [0.717, 1.165) is 18.4 Å². The van der Waals surface area contributed by atoms with Crippen LogP contribution in [0.5, 0.6) is 0 Å².